The van der Waals surface area contributed by atoms with Crippen molar-refractivity contribution >= 4 is 34.6 Å². The molecule has 1 amide bonds. The molecule has 0 radical (unpaired) electrons. The Morgan fingerprint density at radius 1 is 1.06 bits per heavy atom. The van der Waals surface area contributed by atoms with Crippen LogP contribution in [-0.2, 0) is 4.79 Å². The molecule has 2 aromatic carbocycles. The average molecular weight is 500 g/mol. The largest absolute Gasteiger partial charge is 0.459 e. The van der Waals surface area contributed by atoms with E-state index in [1.54, 1.807) is 53.6 Å². The maximum atomic E-state index is 12.9. The van der Waals surface area contributed by atoms with Gasteiger partial charge in [0.2, 0.25) is 5.91 Å². The summed E-state index contributed by atoms with van der Waals surface area (Å²) in [5.74, 6) is 0.602. The molecule has 180 valence electrons. The number of hydrogen-bond donors (Lipinski definition) is 2. The number of amides is 1. The van der Waals surface area contributed by atoms with Crippen molar-refractivity contribution in [3.05, 3.63) is 113 Å². The van der Waals surface area contributed by atoms with Crippen molar-refractivity contribution in [1.29, 1.82) is 0 Å². The molecule has 1 aliphatic heterocycles. The Morgan fingerprint density at radius 2 is 1.81 bits per heavy atom. The summed E-state index contributed by atoms with van der Waals surface area (Å²) in [5.41, 5.74) is 1.71. The Hall–Kier alpha value is -4.57. The third-order valence-corrected chi connectivity index (χ3v) is 6.21. The van der Waals surface area contributed by atoms with Crippen LogP contribution in [0.5, 0.6) is 0 Å². The van der Waals surface area contributed by atoms with E-state index in [-0.39, 0.29) is 18.1 Å². The topological polar surface area (TPSA) is 114 Å². The van der Waals surface area contributed by atoms with Crippen molar-refractivity contribution in [2.24, 2.45) is 0 Å². The number of nitrogens with zero attached hydrogens (tertiary/aromatic N) is 3. The Kier molecular flexibility index (Phi) is 6.42. The van der Waals surface area contributed by atoms with Crippen LogP contribution < -0.4 is 10.6 Å². The third-order valence-electron chi connectivity index (χ3n) is 5.85. The highest BCUT2D eigenvalue weighted by molar-refractivity contribution is 7.80. The number of rotatable bonds is 7. The molecule has 0 bridgehead atoms. The number of anilines is 1. The summed E-state index contributed by atoms with van der Waals surface area (Å²) in [6, 6.07) is 23.6. The lowest BCUT2D eigenvalue weighted by Gasteiger charge is -2.25. The minimum Gasteiger partial charge on any atom is -0.459 e. The van der Waals surface area contributed by atoms with Gasteiger partial charge < -0.3 is 20.0 Å². The van der Waals surface area contributed by atoms with Crippen molar-refractivity contribution in [1.82, 2.24) is 15.2 Å². The van der Waals surface area contributed by atoms with Crippen molar-refractivity contribution in [2.75, 3.05) is 11.9 Å². The first kappa shape index (κ1) is 23.2. The normalized spacial score (nSPS) is 17.0. The van der Waals surface area contributed by atoms with E-state index in [2.05, 4.69) is 15.6 Å². The molecular weight excluding hydrogens is 478 g/mol. The number of carbonyl (C=O) groups is 1. The number of benzene rings is 2. The van der Waals surface area contributed by atoms with Crippen LogP contribution in [0.2, 0.25) is 0 Å². The smallest absolute Gasteiger partial charge is 0.280 e. The van der Waals surface area contributed by atoms with Crippen LogP contribution in [0.4, 0.5) is 11.4 Å². The van der Waals surface area contributed by atoms with Gasteiger partial charge in [0.15, 0.2) is 5.11 Å². The van der Waals surface area contributed by atoms with Crippen molar-refractivity contribution < 1.29 is 14.1 Å². The minimum absolute atomic E-state index is 0.0315. The highest BCUT2D eigenvalue weighted by Gasteiger charge is 2.42. The first-order valence-corrected chi connectivity index (χ1v) is 11.6. The monoisotopic (exact) mass is 499 g/mol. The molecular formula is C26H21N5O4S. The molecule has 0 aliphatic carbocycles. The molecule has 10 heteroatoms. The number of nitrogens with one attached hydrogen (secondary N) is 2. The first-order chi connectivity index (χ1) is 17.5. The van der Waals surface area contributed by atoms with Gasteiger partial charge in [0.25, 0.3) is 5.69 Å². The molecule has 3 heterocycles. The second-order valence-electron chi connectivity index (χ2n) is 8.14. The van der Waals surface area contributed by atoms with Crippen molar-refractivity contribution in [3.63, 3.8) is 0 Å². The van der Waals surface area contributed by atoms with Crippen molar-refractivity contribution in [3.8, 4) is 11.3 Å². The van der Waals surface area contributed by atoms with Gasteiger partial charge in [-0.25, -0.2) is 0 Å². The lowest BCUT2D eigenvalue weighted by atomic mass is 10.0. The highest BCUT2D eigenvalue weighted by atomic mass is 32.1. The maximum absolute atomic E-state index is 12.9. The molecule has 2 atom stereocenters. The van der Waals surface area contributed by atoms with Crippen LogP contribution in [0.1, 0.15) is 23.5 Å². The van der Waals surface area contributed by atoms with E-state index in [0.717, 1.165) is 5.69 Å². The van der Waals surface area contributed by atoms with Gasteiger partial charge in [-0.2, -0.15) is 0 Å². The molecule has 5 rings (SSSR count). The standard InChI is InChI=1S/C26H21N5O4S/c32-23(28-17-8-2-1-3-9-17)16-30-25(24(29-26(30)36)19-11-6-7-15-27-19)22-14-13-21(35-22)18-10-4-5-12-20(18)31(33)34/h1-15,24-25H,16H2,(H,28,32)(H,29,36)/t24-,25-/m0/s1. The fourth-order valence-electron chi connectivity index (χ4n) is 4.26. The Morgan fingerprint density at radius 3 is 2.56 bits per heavy atom. The van der Waals surface area contributed by atoms with Gasteiger partial charge in [-0.15, -0.1) is 0 Å². The van der Waals surface area contributed by atoms with Crippen LogP contribution in [0, 0.1) is 10.1 Å². The number of carbonyl (C=O) groups excluding carboxylic acids is 1. The number of hydrogen-bond acceptors (Lipinski definition) is 6. The molecule has 0 saturated carbocycles. The van der Waals surface area contributed by atoms with Gasteiger partial charge in [0, 0.05) is 18.0 Å². The molecule has 0 unspecified atom stereocenters. The SMILES string of the molecule is O=C(CN1C(=S)N[C@@H](c2ccccn2)[C@@H]1c1ccc(-c2ccccc2[N+](=O)[O-])o1)Nc1ccccc1. The molecule has 1 saturated heterocycles. The van der Waals surface area contributed by atoms with Gasteiger partial charge >= 0.3 is 0 Å². The van der Waals surface area contributed by atoms with Crippen LogP contribution in [0.15, 0.2) is 95.5 Å². The van der Waals surface area contributed by atoms with E-state index < -0.39 is 17.0 Å². The lowest BCUT2D eigenvalue weighted by Crippen LogP contribution is -2.36. The predicted octanol–water partition coefficient (Wildman–Crippen LogP) is 4.86. The fraction of sp³-hybridized carbons (Fsp3) is 0.115. The summed E-state index contributed by atoms with van der Waals surface area (Å²) < 4.78 is 6.17. The molecule has 36 heavy (non-hydrogen) atoms. The summed E-state index contributed by atoms with van der Waals surface area (Å²) in [6.45, 7) is -0.0315. The van der Waals surface area contributed by atoms with E-state index in [1.807, 2.05) is 36.4 Å². The molecule has 2 aromatic heterocycles. The van der Waals surface area contributed by atoms with Gasteiger partial charge in [-0.1, -0.05) is 36.4 Å². The summed E-state index contributed by atoms with van der Waals surface area (Å²) in [5, 5.41) is 18.1. The van der Waals surface area contributed by atoms with Crippen molar-refractivity contribution in [2.45, 2.75) is 12.1 Å². The number of para-hydroxylation sites is 2. The Balaban J connectivity index is 1.49. The lowest BCUT2D eigenvalue weighted by molar-refractivity contribution is -0.384. The third kappa shape index (κ3) is 4.66. The van der Waals surface area contributed by atoms with Crippen LogP contribution in [0.3, 0.4) is 0 Å². The number of nitro benzene ring substituents is 1. The zero-order valence-corrected chi connectivity index (χ0v) is 19.7. The van der Waals surface area contributed by atoms with E-state index in [4.69, 9.17) is 16.6 Å². The number of nitro groups is 1. The van der Waals surface area contributed by atoms with Gasteiger partial charge in [0.1, 0.15) is 24.1 Å². The summed E-state index contributed by atoms with van der Waals surface area (Å²) in [4.78, 5) is 30.2. The summed E-state index contributed by atoms with van der Waals surface area (Å²) in [6.07, 6.45) is 1.68. The summed E-state index contributed by atoms with van der Waals surface area (Å²) >= 11 is 5.61. The number of aromatic nitrogens is 1. The van der Waals surface area contributed by atoms with E-state index >= 15 is 0 Å². The van der Waals surface area contributed by atoms with Gasteiger partial charge in [0.05, 0.1) is 22.2 Å². The molecule has 1 fully saturated rings. The minimum atomic E-state index is -0.509. The average Bonchev–Trinajstić information content (AvgIpc) is 3.50. The highest BCUT2D eigenvalue weighted by Crippen LogP contribution is 2.41. The molecule has 9 nitrogen and oxygen atoms in total. The maximum Gasteiger partial charge on any atom is 0.280 e. The second-order valence-corrected chi connectivity index (χ2v) is 8.53. The van der Waals surface area contributed by atoms with Crippen LogP contribution in [-0.4, -0.2) is 32.4 Å². The van der Waals surface area contributed by atoms with Crippen LogP contribution in [0.25, 0.3) is 11.3 Å². The number of pyridine rings is 1. The van der Waals surface area contributed by atoms with Gasteiger partial charge in [-0.3, -0.25) is 19.9 Å². The molecule has 2 N–H and O–H groups in total. The van der Waals surface area contributed by atoms with Gasteiger partial charge in [-0.05, 0) is 54.7 Å². The fourth-order valence-corrected chi connectivity index (χ4v) is 4.56. The predicted molar refractivity (Wildman–Crippen MR) is 138 cm³/mol. The second kappa shape index (κ2) is 9.96. The zero-order chi connectivity index (χ0) is 25.1. The Labute approximate surface area is 211 Å². The Bertz CT molecular complexity index is 1410. The van der Waals surface area contributed by atoms with Crippen LogP contribution >= 0.6 is 12.2 Å². The van der Waals surface area contributed by atoms with E-state index in [9.17, 15) is 14.9 Å². The molecule has 4 aromatic rings. The molecule has 1 aliphatic rings. The number of thiocarbonyl (C=S) groups is 1. The quantitative estimate of drug-likeness (QED) is 0.211. The summed E-state index contributed by atoms with van der Waals surface area (Å²) in [7, 11) is 0. The van der Waals surface area contributed by atoms with E-state index in [1.165, 1.54) is 6.07 Å². The van der Waals surface area contributed by atoms with E-state index in [0.29, 0.717) is 27.9 Å². The first-order valence-electron chi connectivity index (χ1n) is 11.2. The number of furan rings is 1. The zero-order valence-electron chi connectivity index (χ0n) is 18.9. The molecule has 0 spiro atoms.